The molecule has 1 aromatic heterocycles. The van der Waals surface area contributed by atoms with Crippen LogP contribution in [0.3, 0.4) is 0 Å². The monoisotopic (exact) mass is 287 g/mol. The summed E-state index contributed by atoms with van der Waals surface area (Å²) in [5, 5.41) is 13.1. The van der Waals surface area contributed by atoms with E-state index in [0.29, 0.717) is 12.4 Å². The summed E-state index contributed by atoms with van der Waals surface area (Å²) in [6.45, 7) is 6.20. The van der Waals surface area contributed by atoms with Crippen LogP contribution in [0.1, 0.15) is 32.5 Å². The van der Waals surface area contributed by atoms with Crippen molar-refractivity contribution in [3.8, 4) is 0 Å². The molecular formula is C11H18BrN3O. The third kappa shape index (κ3) is 4.45. The second-order valence-electron chi connectivity index (χ2n) is 4.22. The van der Waals surface area contributed by atoms with Crippen LogP contribution in [0.25, 0.3) is 0 Å². The van der Waals surface area contributed by atoms with Gasteiger partial charge in [0.2, 0.25) is 0 Å². The first-order valence-electron chi connectivity index (χ1n) is 5.40. The van der Waals surface area contributed by atoms with Gasteiger partial charge >= 0.3 is 0 Å². The molecule has 0 bridgehead atoms. The molecule has 0 saturated heterocycles. The fourth-order valence-corrected chi connectivity index (χ4v) is 2.00. The minimum absolute atomic E-state index is 0.490. The molecule has 0 aliphatic carbocycles. The van der Waals surface area contributed by atoms with Crippen LogP contribution < -0.4 is 5.32 Å². The first kappa shape index (κ1) is 13.4. The van der Waals surface area contributed by atoms with Crippen molar-refractivity contribution in [3.05, 3.63) is 16.5 Å². The summed E-state index contributed by atoms with van der Waals surface area (Å²) in [5.41, 5.74) is -0.694. The maximum Gasteiger partial charge on any atom is 0.130 e. The van der Waals surface area contributed by atoms with E-state index < -0.39 is 5.60 Å². The van der Waals surface area contributed by atoms with Gasteiger partial charge in [0.15, 0.2) is 0 Å². The highest BCUT2D eigenvalue weighted by molar-refractivity contribution is 9.10. The molecule has 0 aliphatic rings. The predicted octanol–water partition coefficient (Wildman–Crippen LogP) is 2.51. The van der Waals surface area contributed by atoms with E-state index in [0.717, 1.165) is 23.3 Å². The van der Waals surface area contributed by atoms with Crippen molar-refractivity contribution in [2.75, 3.05) is 11.9 Å². The maximum atomic E-state index is 10.00. The third-order valence-electron chi connectivity index (χ3n) is 2.25. The molecule has 1 aromatic rings. The Kier molecular flexibility index (Phi) is 4.68. The lowest BCUT2D eigenvalue weighted by Crippen LogP contribution is -2.33. The van der Waals surface area contributed by atoms with Crippen molar-refractivity contribution in [2.24, 2.45) is 0 Å². The standard InChI is InChI=1S/C11H18BrN3O/c1-4-5-11(3,16)7-13-10-6-9(12)14-8(2)15-10/h6,16H,4-5,7H2,1-3H3,(H,13,14,15). The number of aryl methyl sites for hydroxylation is 1. The quantitative estimate of drug-likeness (QED) is 0.817. The van der Waals surface area contributed by atoms with Crippen LogP contribution in [0.4, 0.5) is 5.82 Å². The minimum Gasteiger partial charge on any atom is -0.388 e. The highest BCUT2D eigenvalue weighted by Crippen LogP contribution is 2.15. The average molecular weight is 288 g/mol. The Labute approximate surface area is 105 Å². The third-order valence-corrected chi connectivity index (χ3v) is 2.65. The molecule has 1 atom stereocenters. The molecule has 90 valence electrons. The van der Waals surface area contributed by atoms with Crippen LogP contribution in [0.5, 0.6) is 0 Å². The Bertz CT molecular complexity index is 335. The predicted molar refractivity (Wildman–Crippen MR) is 68.5 cm³/mol. The highest BCUT2D eigenvalue weighted by atomic mass is 79.9. The first-order valence-corrected chi connectivity index (χ1v) is 6.20. The van der Waals surface area contributed by atoms with Gasteiger partial charge in [0.1, 0.15) is 16.2 Å². The van der Waals surface area contributed by atoms with Gasteiger partial charge in [-0.25, -0.2) is 9.97 Å². The zero-order valence-electron chi connectivity index (χ0n) is 9.92. The smallest absolute Gasteiger partial charge is 0.130 e. The van der Waals surface area contributed by atoms with Gasteiger partial charge < -0.3 is 10.4 Å². The number of anilines is 1. The van der Waals surface area contributed by atoms with Gasteiger partial charge in [0.05, 0.1) is 5.60 Å². The summed E-state index contributed by atoms with van der Waals surface area (Å²) in [5.74, 6) is 1.43. The van der Waals surface area contributed by atoms with E-state index in [2.05, 4.69) is 38.1 Å². The largest absolute Gasteiger partial charge is 0.388 e. The number of halogens is 1. The molecule has 2 N–H and O–H groups in total. The molecule has 16 heavy (non-hydrogen) atoms. The zero-order valence-corrected chi connectivity index (χ0v) is 11.5. The van der Waals surface area contributed by atoms with E-state index in [1.54, 1.807) is 6.07 Å². The fraction of sp³-hybridized carbons (Fsp3) is 0.636. The van der Waals surface area contributed by atoms with Crippen LogP contribution in [0, 0.1) is 6.92 Å². The summed E-state index contributed by atoms with van der Waals surface area (Å²) in [6.07, 6.45) is 1.73. The van der Waals surface area contributed by atoms with Crippen LogP contribution in [-0.2, 0) is 0 Å². The topological polar surface area (TPSA) is 58.0 Å². The Morgan fingerprint density at radius 3 is 2.75 bits per heavy atom. The summed E-state index contributed by atoms with van der Waals surface area (Å²) in [4.78, 5) is 8.35. The van der Waals surface area contributed by atoms with E-state index in [4.69, 9.17) is 0 Å². The van der Waals surface area contributed by atoms with Gasteiger partial charge in [0, 0.05) is 12.6 Å². The fourth-order valence-electron chi connectivity index (χ4n) is 1.53. The first-order chi connectivity index (χ1) is 7.43. The number of nitrogens with one attached hydrogen (secondary N) is 1. The molecule has 0 aliphatic heterocycles. The van der Waals surface area contributed by atoms with Crippen molar-refractivity contribution in [3.63, 3.8) is 0 Å². The van der Waals surface area contributed by atoms with Crippen molar-refractivity contribution in [1.82, 2.24) is 9.97 Å². The number of hydrogen-bond acceptors (Lipinski definition) is 4. The number of hydrogen-bond donors (Lipinski definition) is 2. The molecule has 0 fully saturated rings. The van der Waals surface area contributed by atoms with Crippen molar-refractivity contribution in [2.45, 2.75) is 39.2 Å². The molecule has 1 unspecified atom stereocenters. The van der Waals surface area contributed by atoms with Crippen molar-refractivity contribution < 1.29 is 5.11 Å². The van der Waals surface area contributed by atoms with Crippen molar-refractivity contribution in [1.29, 1.82) is 0 Å². The zero-order chi connectivity index (χ0) is 12.2. The molecule has 1 heterocycles. The number of nitrogens with zero attached hydrogens (tertiary/aromatic N) is 2. The average Bonchev–Trinajstić information content (AvgIpc) is 2.13. The Morgan fingerprint density at radius 2 is 2.19 bits per heavy atom. The number of rotatable bonds is 5. The number of aromatic nitrogens is 2. The Balaban J connectivity index is 2.60. The molecule has 0 saturated carbocycles. The van der Waals surface area contributed by atoms with E-state index in [1.165, 1.54) is 0 Å². The summed E-state index contributed by atoms with van der Waals surface area (Å²) < 4.78 is 0.748. The second-order valence-corrected chi connectivity index (χ2v) is 5.04. The molecular weight excluding hydrogens is 270 g/mol. The van der Waals surface area contributed by atoms with E-state index >= 15 is 0 Å². The van der Waals surface area contributed by atoms with Crippen LogP contribution >= 0.6 is 15.9 Å². The van der Waals surface area contributed by atoms with E-state index in [1.807, 2.05) is 13.8 Å². The van der Waals surface area contributed by atoms with Gasteiger partial charge in [-0.3, -0.25) is 0 Å². The maximum absolute atomic E-state index is 10.00. The molecule has 0 aromatic carbocycles. The van der Waals surface area contributed by atoms with Crippen LogP contribution in [-0.4, -0.2) is 27.2 Å². The molecule has 4 nitrogen and oxygen atoms in total. The lowest BCUT2D eigenvalue weighted by molar-refractivity contribution is 0.0636. The van der Waals surface area contributed by atoms with Gasteiger partial charge in [-0.05, 0) is 36.2 Å². The molecule has 0 amide bonds. The van der Waals surface area contributed by atoms with Crippen LogP contribution in [0.15, 0.2) is 10.7 Å². The van der Waals surface area contributed by atoms with Gasteiger partial charge in [0.25, 0.3) is 0 Å². The summed E-state index contributed by atoms with van der Waals surface area (Å²) >= 11 is 3.31. The summed E-state index contributed by atoms with van der Waals surface area (Å²) in [6, 6.07) is 1.80. The lowest BCUT2D eigenvalue weighted by atomic mass is 10.0. The van der Waals surface area contributed by atoms with Crippen LogP contribution in [0.2, 0.25) is 0 Å². The van der Waals surface area contributed by atoms with Gasteiger partial charge in [-0.2, -0.15) is 0 Å². The Morgan fingerprint density at radius 1 is 1.50 bits per heavy atom. The normalized spacial score (nSPS) is 14.6. The second kappa shape index (κ2) is 5.59. The lowest BCUT2D eigenvalue weighted by Gasteiger charge is -2.23. The Hall–Kier alpha value is -0.680. The molecule has 1 rings (SSSR count). The van der Waals surface area contributed by atoms with Gasteiger partial charge in [-0.15, -0.1) is 0 Å². The minimum atomic E-state index is -0.694. The molecule has 5 heteroatoms. The molecule has 0 spiro atoms. The SMILES string of the molecule is CCCC(C)(O)CNc1cc(Br)nc(C)n1. The number of aliphatic hydroxyl groups is 1. The summed E-state index contributed by atoms with van der Waals surface area (Å²) in [7, 11) is 0. The molecule has 0 radical (unpaired) electrons. The van der Waals surface area contributed by atoms with E-state index in [-0.39, 0.29) is 0 Å². The van der Waals surface area contributed by atoms with Gasteiger partial charge in [-0.1, -0.05) is 13.3 Å². The van der Waals surface area contributed by atoms with E-state index in [9.17, 15) is 5.11 Å². The van der Waals surface area contributed by atoms with Crippen molar-refractivity contribution >= 4 is 21.7 Å². The highest BCUT2D eigenvalue weighted by Gasteiger charge is 2.18.